The number of rotatable bonds is 7. The Labute approximate surface area is 109 Å². The third-order valence-corrected chi connectivity index (χ3v) is 2.10. The molecule has 0 saturated heterocycles. The van der Waals surface area contributed by atoms with Crippen LogP contribution in [0.3, 0.4) is 0 Å². The van der Waals surface area contributed by atoms with Crippen LogP contribution in [0.4, 0.5) is 0 Å². The molecule has 0 saturated carbocycles. The van der Waals surface area contributed by atoms with Crippen molar-refractivity contribution in [1.29, 1.82) is 0 Å². The number of carbonyl (C=O) groups excluding carboxylic acids is 1. The number of nitrogens with zero attached hydrogens (tertiary/aromatic N) is 1. The van der Waals surface area contributed by atoms with Crippen molar-refractivity contribution in [2.24, 2.45) is 0 Å². The maximum Gasteiger partial charge on any atom is 0.399 e. The Hall–Kier alpha value is -0.960. The van der Waals surface area contributed by atoms with Crippen molar-refractivity contribution in [1.82, 2.24) is 10.2 Å². The van der Waals surface area contributed by atoms with Gasteiger partial charge in [-0.1, -0.05) is 6.58 Å². The number of carbonyl (C=O) groups is 1. The summed E-state index contributed by atoms with van der Waals surface area (Å²) in [5.41, 5.74) is 0. The number of amides is 1. The molecule has 0 aromatic rings. The molecule has 7 nitrogen and oxygen atoms in total. The quantitative estimate of drug-likeness (QED) is 0.512. The molecule has 0 aliphatic carbocycles. The zero-order chi connectivity index (χ0) is 14.6. The van der Waals surface area contributed by atoms with E-state index in [1.165, 1.54) is 0 Å². The minimum absolute atomic E-state index is 0.0341. The normalized spacial score (nSPS) is 10.5. The maximum atomic E-state index is 10.6. The Morgan fingerprint density at radius 3 is 2.28 bits per heavy atom. The second-order valence-corrected chi connectivity index (χ2v) is 4.97. The largest absolute Gasteiger partial charge is 0.399 e. The molecule has 0 radical (unpaired) electrons. The summed E-state index contributed by atoms with van der Waals surface area (Å²) in [6.07, 6.45) is 1.51. The molecule has 0 aromatic heterocycles. The Kier molecular flexibility index (Phi) is 12.0. The van der Waals surface area contributed by atoms with Crippen LogP contribution in [0.15, 0.2) is 12.7 Å². The van der Waals surface area contributed by atoms with Gasteiger partial charge in [0.2, 0.25) is 5.91 Å². The average molecular weight is 282 g/mol. The number of hydrogen-bond donors (Lipinski definition) is 1. The molecule has 0 unspecified atom stereocenters. The van der Waals surface area contributed by atoms with Gasteiger partial charge in [-0.15, -0.1) is 0 Å². The molecule has 0 fully saturated rings. The van der Waals surface area contributed by atoms with Crippen LogP contribution in [-0.4, -0.2) is 60.6 Å². The second-order valence-electron chi connectivity index (χ2n) is 3.59. The zero-order valence-corrected chi connectivity index (χ0v) is 12.1. The predicted molar refractivity (Wildman–Crippen MR) is 69.3 cm³/mol. The average Bonchev–Trinajstić information content (AvgIpc) is 2.27. The van der Waals surface area contributed by atoms with E-state index >= 15 is 0 Å². The first kappa shape index (κ1) is 19.4. The molecule has 0 spiro atoms. The van der Waals surface area contributed by atoms with Crippen LogP contribution >= 0.6 is 0 Å². The molecule has 8 heteroatoms. The van der Waals surface area contributed by atoms with E-state index in [0.29, 0.717) is 13.0 Å². The monoisotopic (exact) mass is 282 g/mol. The van der Waals surface area contributed by atoms with Crippen LogP contribution in [0.1, 0.15) is 6.42 Å². The fraction of sp³-hybridized carbons (Fsp3) is 0.700. The predicted octanol–water partition coefficient (Wildman–Crippen LogP) is -0.236. The van der Waals surface area contributed by atoms with Crippen molar-refractivity contribution in [2.75, 3.05) is 41.4 Å². The van der Waals surface area contributed by atoms with E-state index in [4.69, 9.17) is 0 Å². The van der Waals surface area contributed by atoms with Crippen molar-refractivity contribution < 1.29 is 21.6 Å². The smallest absolute Gasteiger partial charge is 0.352 e. The molecular weight excluding hydrogens is 260 g/mol. The molecule has 0 aliphatic rings. The lowest BCUT2D eigenvalue weighted by Gasteiger charge is -2.03. The van der Waals surface area contributed by atoms with E-state index in [2.05, 4.69) is 20.3 Å². The highest BCUT2D eigenvalue weighted by molar-refractivity contribution is 7.81. The SMILES string of the molecule is C=CC(=O)NCCCOS(=O)(=O)OC.CN(C)C. The van der Waals surface area contributed by atoms with Gasteiger partial charge in [-0.05, 0) is 33.6 Å². The van der Waals surface area contributed by atoms with Gasteiger partial charge in [0.15, 0.2) is 0 Å². The summed E-state index contributed by atoms with van der Waals surface area (Å²) in [7, 11) is 3.15. The Morgan fingerprint density at radius 1 is 1.39 bits per heavy atom. The van der Waals surface area contributed by atoms with Gasteiger partial charge in [0, 0.05) is 6.54 Å². The lowest BCUT2D eigenvalue weighted by molar-refractivity contribution is -0.116. The summed E-state index contributed by atoms with van der Waals surface area (Å²) < 4.78 is 29.6. The van der Waals surface area contributed by atoms with Crippen LogP contribution in [0.25, 0.3) is 0 Å². The highest BCUT2D eigenvalue weighted by Crippen LogP contribution is 1.93. The topological polar surface area (TPSA) is 84.9 Å². The van der Waals surface area contributed by atoms with Gasteiger partial charge in [0.25, 0.3) is 0 Å². The van der Waals surface area contributed by atoms with Crippen molar-refractivity contribution in [3.63, 3.8) is 0 Å². The summed E-state index contributed by atoms with van der Waals surface area (Å²) in [5.74, 6) is -0.306. The number of hydrogen-bond acceptors (Lipinski definition) is 6. The second kappa shape index (κ2) is 11.1. The maximum absolute atomic E-state index is 10.6. The van der Waals surface area contributed by atoms with Gasteiger partial charge < -0.3 is 10.2 Å². The number of nitrogens with one attached hydrogen (secondary N) is 1. The summed E-state index contributed by atoms with van der Waals surface area (Å²) >= 11 is 0. The first-order valence-electron chi connectivity index (χ1n) is 5.21. The summed E-state index contributed by atoms with van der Waals surface area (Å²) in [4.78, 5) is 12.6. The molecule has 0 bridgehead atoms. The standard InChI is InChI=1S/C7H13NO5S.C3H9N/c1-3-7(9)8-5-4-6-13-14(10,11)12-2;1-4(2)3/h3H,1,4-6H2,2H3,(H,8,9);1-3H3. The lowest BCUT2D eigenvalue weighted by atomic mass is 10.4. The fourth-order valence-corrected chi connectivity index (χ4v) is 0.983. The van der Waals surface area contributed by atoms with Crippen molar-refractivity contribution in [3.8, 4) is 0 Å². The minimum atomic E-state index is -3.86. The Balaban J connectivity index is 0. The lowest BCUT2D eigenvalue weighted by Crippen LogP contribution is -2.23. The first-order chi connectivity index (χ1) is 8.25. The highest BCUT2D eigenvalue weighted by atomic mass is 32.3. The molecule has 1 amide bonds. The van der Waals surface area contributed by atoms with Crippen LogP contribution in [0, 0.1) is 0 Å². The molecule has 108 valence electrons. The minimum Gasteiger partial charge on any atom is -0.352 e. The van der Waals surface area contributed by atoms with E-state index in [0.717, 1.165) is 13.2 Å². The summed E-state index contributed by atoms with van der Waals surface area (Å²) in [6, 6.07) is 0. The summed E-state index contributed by atoms with van der Waals surface area (Å²) in [6.45, 7) is 3.54. The molecule has 0 atom stereocenters. The third kappa shape index (κ3) is 17.4. The van der Waals surface area contributed by atoms with E-state index in [9.17, 15) is 13.2 Å². The molecule has 0 aliphatic heterocycles. The van der Waals surface area contributed by atoms with Gasteiger partial charge in [0.1, 0.15) is 0 Å². The van der Waals surface area contributed by atoms with Gasteiger partial charge >= 0.3 is 10.4 Å². The molecule has 0 aromatic carbocycles. The van der Waals surface area contributed by atoms with Crippen LogP contribution in [-0.2, 0) is 23.6 Å². The molecule has 0 heterocycles. The van der Waals surface area contributed by atoms with E-state index < -0.39 is 10.4 Å². The van der Waals surface area contributed by atoms with Gasteiger partial charge in [-0.3, -0.25) is 8.98 Å². The summed E-state index contributed by atoms with van der Waals surface area (Å²) in [5, 5.41) is 2.46. The highest BCUT2D eigenvalue weighted by Gasteiger charge is 2.07. The van der Waals surface area contributed by atoms with Gasteiger partial charge in [0.05, 0.1) is 13.7 Å². The van der Waals surface area contributed by atoms with Crippen LogP contribution < -0.4 is 5.32 Å². The van der Waals surface area contributed by atoms with E-state index in [-0.39, 0.29) is 12.5 Å². The van der Waals surface area contributed by atoms with Crippen LogP contribution in [0.5, 0.6) is 0 Å². The first-order valence-corrected chi connectivity index (χ1v) is 6.54. The van der Waals surface area contributed by atoms with Gasteiger partial charge in [-0.2, -0.15) is 8.42 Å². The molecule has 1 N–H and O–H groups in total. The van der Waals surface area contributed by atoms with Crippen molar-refractivity contribution in [2.45, 2.75) is 6.42 Å². The molecular formula is C10H22N2O5S. The molecule has 18 heavy (non-hydrogen) atoms. The third-order valence-electron chi connectivity index (χ3n) is 1.24. The molecule has 0 rings (SSSR count). The Morgan fingerprint density at radius 2 is 1.89 bits per heavy atom. The van der Waals surface area contributed by atoms with Crippen molar-refractivity contribution in [3.05, 3.63) is 12.7 Å². The fourth-order valence-electron chi connectivity index (χ4n) is 0.565. The van der Waals surface area contributed by atoms with E-state index in [1.807, 2.05) is 26.0 Å². The van der Waals surface area contributed by atoms with Crippen molar-refractivity contribution >= 4 is 16.3 Å². The Bertz CT molecular complexity index is 324. The van der Waals surface area contributed by atoms with Gasteiger partial charge in [-0.25, -0.2) is 4.18 Å². The van der Waals surface area contributed by atoms with Crippen LogP contribution in [0.2, 0.25) is 0 Å². The van der Waals surface area contributed by atoms with E-state index in [1.54, 1.807) is 0 Å². The zero-order valence-electron chi connectivity index (χ0n) is 11.3.